The molecule has 4 N–H and O–H groups in total. The van der Waals surface area contributed by atoms with Gasteiger partial charge < -0.3 is 15.4 Å². The summed E-state index contributed by atoms with van der Waals surface area (Å²) in [4.78, 5) is 0. The number of nitrogens with one attached hydrogen (secondary N) is 4. The van der Waals surface area contributed by atoms with Crippen molar-refractivity contribution in [2.45, 2.75) is 20.3 Å². The molecule has 0 aliphatic heterocycles. The van der Waals surface area contributed by atoms with Crippen molar-refractivity contribution >= 4 is 46.0 Å². The monoisotopic (exact) mass is 374 g/mol. The Morgan fingerprint density at radius 3 is 2.16 bits per heavy atom. The summed E-state index contributed by atoms with van der Waals surface area (Å²) in [6, 6.07) is 15.6. The molecule has 0 aliphatic rings. The van der Waals surface area contributed by atoms with E-state index in [2.05, 4.69) is 34.5 Å². The first-order chi connectivity index (χ1) is 12.1. The molecule has 0 unspecified atom stereocenters. The first kappa shape index (κ1) is 19.0. The van der Waals surface area contributed by atoms with Gasteiger partial charge in [-0.2, -0.15) is 0 Å². The fourth-order valence-corrected chi connectivity index (χ4v) is 2.51. The number of para-hydroxylation sites is 1. The first-order valence-corrected chi connectivity index (χ1v) is 8.88. The van der Waals surface area contributed by atoms with Crippen LogP contribution in [0.4, 0.5) is 11.4 Å². The normalized spacial score (nSPS) is 9.84. The molecule has 2 aromatic carbocycles. The molecule has 0 fully saturated rings. The molecule has 25 heavy (non-hydrogen) atoms. The molecule has 7 heteroatoms. The second-order valence-corrected chi connectivity index (χ2v) is 5.94. The van der Waals surface area contributed by atoms with Gasteiger partial charge in [0, 0.05) is 11.4 Å². The number of ether oxygens (including phenoxy) is 1. The van der Waals surface area contributed by atoms with Gasteiger partial charge in [-0.05, 0) is 73.7 Å². The van der Waals surface area contributed by atoms with Crippen LogP contribution < -0.4 is 26.2 Å². The molecule has 132 valence electrons. The molecule has 0 spiro atoms. The maximum absolute atomic E-state index is 5.41. The molecular weight excluding hydrogens is 352 g/mol. The van der Waals surface area contributed by atoms with Crippen LogP contribution in [-0.2, 0) is 6.42 Å². The van der Waals surface area contributed by atoms with Crippen LogP contribution in [0.2, 0.25) is 0 Å². The fourth-order valence-electron chi connectivity index (χ4n) is 2.18. The summed E-state index contributed by atoms with van der Waals surface area (Å²) in [6.45, 7) is 4.69. The molecule has 0 saturated carbocycles. The standard InChI is InChI=1S/C18H22N4OS2/c1-3-13-7-5-6-8-16(13)20-18(25)22-21-17(24)19-14-9-11-15(12-10-14)23-4-2/h5-12H,3-4H2,1-2H3,(H2,19,21,24)(H2,20,22,25). The SMILES string of the molecule is CCOc1ccc(NC(=S)NNC(=S)Nc2ccccc2CC)cc1. The van der Waals surface area contributed by atoms with Crippen molar-refractivity contribution in [1.82, 2.24) is 10.9 Å². The summed E-state index contributed by atoms with van der Waals surface area (Å²) in [6.07, 6.45) is 0.928. The Morgan fingerprint density at radius 2 is 1.52 bits per heavy atom. The van der Waals surface area contributed by atoms with Crippen molar-refractivity contribution in [3.05, 3.63) is 54.1 Å². The molecule has 0 saturated heterocycles. The number of benzene rings is 2. The zero-order valence-corrected chi connectivity index (χ0v) is 15.9. The molecule has 2 rings (SSSR count). The quantitative estimate of drug-likeness (QED) is 0.469. The Hall–Kier alpha value is -2.38. The predicted molar refractivity (Wildman–Crippen MR) is 112 cm³/mol. The smallest absolute Gasteiger partial charge is 0.189 e. The van der Waals surface area contributed by atoms with E-state index in [1.807, 2.05) is 49.4 Å². The Kier molecular flexibility index (Phi) is 7.43. The Bertz CT molecular complexity index is 719. The maximum atomic E-state index is 5.41. The molecule has 2 aromatic rings. The third-order valence-electron chi connectivity index (χ3n) is 3.36. The number of anilines is 2. The molecule has 0 heterocycles. The molecular formula is C18H22N4OS2. The van der Waals surface area contributed by atoms with Crippen LogP contribution >= 0.6 is 24.4 Å². The van der Waals surface area contributed by atoms with E-state index in [1.165, 1.54) is 5.56 Å². The second kappa shape index (κ2) is 9.80. The van der Waals surface area contributed by atoms with Gasteiger partial charge in [0.15, 0.2) is 10.2 Å². The lowest BCUT2D eigenvalue weighted by atomic mass is 10.1. The number of hydrogen-bond donors (Lipinski definition) is 4. The Labute approximate surface area is 159 Å². The van der Waals surface area contributed by atoms with Gasteiger partial charge in [-0.3, -0.25) is 10.9 Å². The second-order valence-electron chi connectivity index (χ2n) is 5.13. The highest BCUT2D eigenvalue weighted by Gasteiger charge is 2.03. The van der Waals surface area contributed by atoms with E-state index in [4.69, 9.17) is 29.2 Å². The van der Waals surface area contributed by atoms with Gasteiger partial charge in [0.05, 0.1) is 6.61 Å². The highest BCUT2D eigenvalue weighted by molar-refractivity contribution is 7.81. The molecule has 0 aliphatic carbocycles. The molecule has 0 aromatic heterocycles. The number of thiocarbonyl (C=S) groups is 2. The lowest BCUT2D eigenvalue weighted by Crippen LogP contribution is -2.45. The summed E-state index contributed by atoms with van der Waals surface area (Å²) >= 11 is 10.5. The van der Waals surface area contributed by atoms with Crippen molar-refractivity contribution < 1.29 is 4.74 Å². The van der Waals surface area contributed by atoms with Crippen LogP contribution in [0.3, 0.4) is 0 Å². The van der Waals surface area contributed by atoms with Gasteiger partial charge in [-0.25, -0.2) is 0 Å². The molecule has 5 nitrogen and oxygen atoms in total. The van der Waals surface area contributed by atoms with E-state index in [0.717, 1.165) is 23.5 Å². The third-order valence-corrected chi connectivity index (χ3v) is 3.77. The van der Waals surface area contributed by atoms with Gasteiger partial charge in [0.1, 0.15) is 5.75 Å². The highest BCUT2D eigenvalue weighted by atomic mass is 32.1. The average molecular weight is 375 g/mol. The minimum Gasteiger partial charge on any atom is -0.494 e. The fraction of sp³-hybridized carbons (Fsp3) is 0.222. The minimum absolute atomic E-state index is 0.414. The predicted octanol–water partition coefficient (Wildman–Crippen LogP) is 3.84. The summed E-state index contributed by atoms with van der Waals surface area (Å²) in [7, 11) is 0. The van der Waals surface area contributed by atoms with Crippen LogP contribution in [0.1, 0.15) is 19.4 Å². The van der Waals surface area contributed by atoms with Crippen LogP contribution in [0, 0.1) is 0 Å². The average Bonchev–Trinajstić information content (AvgIpc) is 2.62. The van der Waals surface area contributed by atoms with E-state index >= 15 is 0 Å². The zero-order chi connectivity index (χ0) is 18.1. The lowest BCUT2D eigenvalue weighted by Gasteiger charge is -2.16. The van der Waals surface area contributed by atoms with Crippen LogP contribution in [0.15, 0.2) is 48.5 Å². The zero-order valence-electron chi connectivity index (χ0n) is 14.3. The topological polar surface area (TPSA) is 57.4 Å². The third kappa shape index (κ3) is 6.21. The molecule has 0 atom stereocenters. The Morgan fingerprint density at radius 1 is 0.880 bits per heavy atom. The number of hydrazine groups is 1. The summed E-state index contributed by atoms with van der Waals surface area (Å²) in [5, 5.41) is 7.08. The van der Waals surface area contributed by atoms with Gasteiger partial charge in [0.25, 0.3) is 0 Å². The van der Waals surface area contributed by atoms with Crippen molar-refractivity contribution in [2.75, 3.05) is 17.2 Å². The highest BCUT2D eigenvalue weighted by Crippen LogP contribution is 2.16. The first-order valence-electron chi connectivity index (χ1n) is 8.07. The van der Waals surface area contributed by atoms with E-state index < -0.39 is 0 Å². The molecule has 0 amide bonds. The lowest BCUT2D eigenvalue weighted by molar-refractivity contribution is 0.340. The van der Waals surface area contributed by atoms with Crippen molar-refractivity contribution in [3.63, 3.8) is 0 Å². The molecule has 0 radical (unpaired) electrons. The van der Waals surface area contributed by atoms with E-state index in [9.17, 15) is 0 Å². The summed E-state index contributed by atoms with van der Waals surface area (Å²) < 4.78 is 5.41. The van der Waals surface area contributed by atoms with Gasteiger partial charge in [-0.1, -0.05) is 25.1 Å². The number of hydrogen-bond acceptors (Lipinski definition) is 3. The van der Waals surface area contributed by atoms with Gasteiger partial charge in [-0.15, -0.1) is 0 Å². The maximum Gasteiger partial charge on any atom is 0.189 e. The largest absolute Gasteiger partial charge is 0.494 e. The van der Waals surface area contributed by atoms with E-state index in [-0.39, 0.29) is 0 Å². The van der Waals surface area contributed by atoms with E-state index in [1.54, 1.807) is 0 Å². The summed E-state index contributed by atoms with van der Waals surface area (Å²) in [5.41, 5.74) is 8.78. The van der Waals surface area contributed by atoms with Crippen LogP contribution in [0.5, 0.6) is 5.75 Å². The van der Waals surface area contributed by atoms with Gasteiger partial charge in [0.2, 0.25) is 0 Å². The minimum atomic E-state index is 0.414. The number of aryl methyl sites for hydroxylation is 1. The van der Waals surface area contributed by atoms with E-state index in [0.29, 0.717) is 16.8 Å². The van der Waals surface area contributed by atoms with Crippen LogP contribution in [-0.4, -0.2) is 16.8 Å². The van der Waals surface area contributed by atoms with Crippen molar-refractivity contribution in [3.8, 4) is 5.75 Å². The van der Waals surface area contributed by atoms with Crippen molar-refractivity contribution in [1.29, 1.82) is 0 Å². The van der Waals surface area contributed by atoms with Crippen LogP contribution in [0.25, 0.3) is 0 Å². The van der Waals surface area contributed by atoms with Gasteiger partial charge >= 0.3 is 0 Å². The number of rotatable bonds is 5. The molecule has 0 bridgehead atoms. The van der Waals surface area contributed by atoms with Crippen molar-refractivity contribution in [2.24, 2.45) is 0 Å². The Balaban J connectivity index is 1.80. The summed E-state index contributed by atoms with van der Waals surface area (Å²) in [5.74, 6) is 0.824.